The third-order valence-electron chi connectivity index (χ3n) is 4.75. The van der Waals surface area contributed by atoms with Crippen molar-refractivity contribution in [2.75, 3.05) is 11.4 Å². The Morgan fingerprint density at radius 3 is 2.83 bits per heavy atom. The zero-order valence-electron chi connectivity index (χ0n) is 16.5. The molecule has 2 aromatic carbocycles. The topological polar surface area (TPSA) is 51.0 Å². The SMILES string of the molecule is CCc1ccc2nc(N(CCCn3ccnc3)C(=O)c3cccc(F)c3)sc2c1.Cl. The molecule has 4 rings (SSSR count). The molecule has 4 aromatic rings. The van der Waals surface area contributed by atoms with Crippen molar-refractivity contribution in [3.8, 4) is 0 Å². The Hall–Kier alpha value is -2.77. The second-order valence-corrected chi connectivity index (χ2v) is 7.78. The van der Waals surface area contributed by atoms with Crippen LogP contribution in [0.25, 0.3) is 10.2 Å². The normalized spacial score (nSPS) is 10.7. The average molecular weight is 445 g/mol. The summed E-state index contributed by atoms with van der Waals surface area (Å²) in [7, 11) is 0. The largest absolute Gasteiger partial charge is 0.337 e. The van der Waals surface area contributed by atoms with Gasteiger partial charge < -0.3 is 4.57 Å². The standard InChI is InChI=1S/C22H21FN4OS.ClH/c1-2-16-7-8-19-20(13-16)29-22(25-19)27(11-4-10-26-12-9-24-15-26)21(28)17-5-3-6-18(23)14-17;/h3,5-9,12-15H,2,4,10-11H2,1H3;1H. The molecule has 1 amide bonds. The van der Waals surface area contributed by atoms with E-state index in [-0.39, 0.29) is 18.3 Å². The van der Waals surface area contributed by atoms with Gasteiger partial charge in [-0.15, -0.1) is 12.4 Å². The van der Waals surface area contributed by atoms with Crippen molar-refractivity contribution >= 4 is 45.0 Å². The van der Waals surface area contributed by atoms with Crippen LogP contribution in [0.2, 0.25) is 0 Å². The van der Waals surface area contributed by atoms with E-state index in [9.17, 15) is 9.18 Å². The Labute approximate surface area is 184 Å². The number of imidazole rings is 1. The lowest BCUT2D eigenvalue weighted by atomic mass is 10.2. The molecule has 0 atom stereocenters. The Kier molecular flexibility index (Phi) is 7.18. The van der Waals surface area contributed by atoms with Crippen molar-refractivity contribution in [2.24, 2.45) is 0 Å². The number of aromatic nitrogens is 3. The average Bonchev–Trinajstić information content (AvgIpc) is 3.39. The lowest BCUT2D eigenvalue weighted by Gasteiger charge is -2.20. The minimum absolute atomic E-state index is 0. The molecule has 2 aromatic heterocycles. The number of anilines is 1. The van der Waals surface area contributed by atoms with E-state index in [1.807, 2.05) is 16.8 Å². The predicted octanol–water partition coefficient (Wildman–Crippen LogP) is 5.35. The van der Waals surface area contributed by atoms with E-state index in [0.717, 1.165) is 29.6 Å². The van der Waals surface area contributed by atoms with Crippen LogP contribution in [-0.4, -0.2) is 27.0 Å². The van der Waals surface area contributed by atoms with Crippen molar-refractivity contribution in [2.45, 2.75) is 26.3 Å². The molecule has 0 aliphatic rings. The first-order chi connectivity index (χ1) is 14.1. The van der Waals surface area contributed by atoms with E-state index in [4.69, 9.17) is 0 Å². The van der Waals surface area contributed by atoms with Crippen molar-refractivity contribution in [3.63, 3.8) is 0 Å². The number of aryl methyl sites for hydroxylation is 2. The monoisotopic (exact) mass is 444 g/mol. The maximum atomic E-state index is 13.7. The van der Waals surface area contributed by atoms with Gasteiger partial charge in [0, 0.05) is 31.0 Å². The van der Waals surface area contributed by atoms with Gasteiger partial charge in [0.15, 0.2) is 5.13 Å². The van der Waals surface area contributed by atoms with Crippen molar-refractivity contribution in [1.82, 2.24) is 14.5 Å². The molecule has 0 fully saturated rings. The van der Waals surface area contributed by atoms with Gasteiger partial charge in [0.1, 0.15) is 5.82 Å². The molecule has 0 saturated heterocycles. The molecule has 0 unspecified atom stereocenters. The van der Waals surface area contributed by atoms with Crippen LogP contribution in [-0.2, 0) is 13.0 Å². The molecular weight excluding hydrogens is 423 g/mol. The summed E-state index contributed by atoms with van der Waals surface area (Å²) in [4.78, 5) is 23.6. The van der Waals surface area contributed by atoms with Crippen LogP contribution in [0, 0.1) is 5.82 Å². The summed E-state index contributed by atoms with van der Waals surface area (Å²) < 4.78 is 16.7. The third-order valence-corrected chi connectivity index (χ3v) is 5.80. The van der Waals surface area contributed by atoms with Crippen LogP contribution in [0.5, 0.6) is 0 Å². The molecule has 0 spiro atoms. The highest BCUT2D eigenvalue weighted by atomic mass is 35.5. The molecule has 0 N–H and O–H groups in total. The number of hydrogen-bond donors (Lipinski definition) is 0. The lowest BCUT2D eigenvalue weighted by molar-refractivity contribution is 0.0986. The Bertz CT molecular complexity index is 1130. The molecule has 156 valence electrons. The van der Waals surface area contributed by atoms with E-state index in [2.05, 4.69) is 29.0 Å². The minimum atomic E-state index is -0.425. The predicted molar refractivity (Wildman–Crippen MR) is 121 cm³/mol. The lowest BCUT2D eigenvalue weighted by Crippen LogP contribution is -2.32. The molecule has 8 heteroatoms. The first kappa shape index (κ1) is 21.9. The number of benzene rings is 2. The Morgan fingerprint density at radius 1 is 1.23 bits per heavy atom. The van der Waals surface area contributed by atoms with Gasteiger partial charge in [-0.05, 0) is 48.7 Å². The highest BCUT2D eigenvalue weighted by Gasteiger charge is 2.21. The highest BCUT2D eigenvalue weighted by Crippen LogP contribution is 2.31. The quantitative estimate of drug-likeness (QED) is 0.386. The first-order valence-electron chi connectivity index (χ1n) is 9.56. The zero-order valence-corrected chi connectivity index (χ0v) is 18.1. The molecule has 0 bridgehead atoms. The number of hydrogen-bond acceptors (Lipinski definition) is 4. The van der Waals surface area contributed by atoms with Crippen molar-refractivity contribution in [3.05, 3.63) is 78.1 Å². The molecule has 2 heterocycles. The van der Waals surface area contributed by atoms with Crippen LogP contribution < -0.4 is 4.90 Å². The van der Waals surface area contributed by atoms with Crippen LogP contribution >= 0.6 is 23.7 Å². The Morgan fingerprint density at radius 2 is 2.10 bits per heavy atom. The van der Waals surface area contributed by atoms with Gasteiger partial charge in [0.2, 0.25) is 0 Å². The summed E-state index contributed by atoms with van der Waals surface area (Å²) in [6.45, 7) is 3.32. The van der Waals surface area contributed by atoms with Gasteiger partial charge >= 0.3 is 0 Å². The maximum Gasteiger partial charge on any atom is 0.260 e. The third kappa shape index (κ3) is 4.86. The van der Waals surface area contributed by atoms with Gasteiger partial charge in [-0.2, -0.15) is 0 Å². The van der Waals surface area contributed by atoms with Crippen molar-refractivity contribution < 1.29 is 9.18 Å². The summed E-state index contributed by atoms with van der Waals surface area (Å²) in [5.41, 5.74) is 2.42. The fraction of sp³-hybridized carbons (Fsp3) is 0.227. The van der Waals surface area contributed by atoms with Crippen LogP contribution in [0.3, 0.4) is 0 Å². The van der Waals surface area contributed by atoms with Gasteiger partial charge in [-0.1, -0.05) is 30.4 Å². The number of carbonyl (C=O) groups is 1. The second-order valence-electron chi connectivity index (χ2n) is 6.77. The summed E-state index contributed by atoms with van der Waals surface area (Å²) in [5.74, 6) is -0.670. The summed E-state index contributed by atoms with van der Waals surface area (Å²) >= 11 is 1.49. The van der Waals surface area contributed by atoms with Crippen LogP contribution in [0.1, 0.15) is 29.3 Å². The molecule has 0 radical (unpaired) electrons. The number of rotatable bonds is 7. The summed E-state index contributed by atoms with van der Waals surface area (Å²) in [6.07, 6.45) is 7.05. The number of fused-ring (bicyclic) bond motifs is 1. The molecule has 0 aliphatic carbocycles. The number of amides is 1. The number of nitrogens with zero attached hydrogens (tertiary/aromatic N) is 4. The number of halogens is 2. The maximum absolute atomic E-state index is 13.7. The summed E-state index contributed by atoms with van der Waals surface area (Å²) in [6, 6.07) is 12.0. The van der Waals surface area contributed by atoms with E-state index in [1.54, 1.807) is 29.6 Å². The molecule has 30 heavy (non-hydrogen) atoms. The van der Waals surface area contributed by atoms with E-state index in [0.29, 0.717) is 17.2 Å². The molecule has 5 nitrogen and oxygen atoms in total. The highest BCUT2D eigenvalue weighted by molar-refractivity contribution is 7.22. The smallest absolute Gasteiger partial charge is 0.260 e. The van der Waals surface area contributed by atoms with Crippen molar-refractivity contribution in [1.29, 1.82) is 0 Å². The van der Waals surface area contributed by atoms with Crippen LogP contribution in [0.4, 0.5) is 9.52 Å². The summed E-state index contributed by atoms with van der Waals surface area (Å²) in [5, 5.41) is 0.633. The number of carbonyl (C=O) groups excluding carboxylic acids is 1. The van der Waals surface area contributed by atoms with Gasteiger partial charge in [-0.3, -0.25) is 9.69 Å². The van der Waals surface area contributed by atoms with Gasteiger partial charge in [0.05, 0.1) is 16.5 Å². The zero-order chi connectivity index (χ0) is 20.2. The van der Waals surface area contributed by atoms with Gasteiger partial charge in [-0.25, -0.2) is 14.4 Å². The Balaban J connectivity index is 0.00000256. The van der Waals surface area contributed by atoms with E-state index >= 15 is 0 Å². The molecular formula is C22H22ClFN4OS. The van der Waals surface area contributed by atoms with E-state index < -0.39 is 5.82 Å². The van der Waals surface area contributed by atoms with E-state index in [1.165, 1.54) is 29.0 Å². The fourth-order valence-corrected chi connectivity index (χ4v) is 4.24. The fourth-order valence-electron chi connectivity index (χ4n) is 3.18. The molecule has 0 saturated carbocycles. The van der Waals surface area contributed by atoms with Crippen LogP contribution in [0.15, 0.2) is 61.2 Å². The second kappa shape index (κ2) is 9.82. The minimum Gasteiger partial charge on any atom is -0.337 e. The number of thiazole rings is 1. The van der Waals surface area contributed by atoms with Gasteiger partial charge in [0.25, 0.3) is 5.91 Å². The molecule has 0 aliphatic heterocycles. The first-order valence-corrected chi connectivity index (χ1v) is 10.4.